The monoisotopic (exact) mass is 643 g/mol. The van der Waals surface area contributed by atoms with Gasteiger partial charge in [0, 0.05) is 37.5 Å². The number of aromatic hydroxyl groups is 3. The molecule has 3 aromatic rings. The number of carbonyl (C=O) groups is 3. The Bertz CT molecular complexity index is 1670. The number of nitrogens with one attached hydrogen (secondary N) is 3. The maximum Gasteiger partial charge on any atom is 0.227 e. The normalized spacial score (nSPS) is 11.2. The van der Waals surface area contributed by atoms with Crippen LogP contribution in [0.5, 0.6) is 17.2 Å². The SMILES string of the molecule is Cc1cc(=O)c(O)c(CNC(=O)CCC(C)(CCC(=O)NCc2occc(=O)c2O)CCC(=O)NCc2oc(C)cc(=O)c2O)o1. The van der Waals surface area contributed by atoms with Crippen molar-refractivity contribution < 1.29 is 43.0 Å². The highest BCUT2D eigenvalue weighted by Crippen LogP contribution is 2.34. The summed E-state index contributed by atoms with van der Waals surface area (Å²) in [5, 5.41) is 37.4. The second-order valence-electron chi connectivity index (χ2n) is 11.2. The van der Waals surface area contributed by atoms with Crippen molar-refractivity contribution in [2.45, 2.75) is 78.9 Å². The lowest BCUT2D eigenvalue weighted by Gasteiger charge is -2.29. The van der Waals surface area contributed by atoms with Crippen molar-refractivity contribution in [2.75, 3.05) is 0 Å². The summed E-state index contributed by atoms with van der Waals surface area (Å²) >= 11 is 0. The van der Waals surface area contributed by atoms with Gasteiger partial charge in [-0.05, 0) is 38.5 Å². The van der Waals surface area contributed by atoms with Gasteiger partial charge < -0.3 is 44.5 Å². The highest BCUT2D eigenvalue weighted by atomic mass is 16.4. The lowest BCUT2D eigenvalue weighted by atomic mass is 9.77. The molecule has 46 heavy (non-hydrogen) atoms. The van der Waals surface area contributed by atoms with Gasteiger partial charge >= 0.3 is 0 Å². The minimum atomic E-state index is -0.719. The number of carbonyl (C=O) groups excluding carboxylic acids is 3. The van der Waals surface area contributed by atoms with Crippen LogP contribution in [0.4, 0.5) is 0 Å². The third-order valence-corrected chi connectivity index (χ3v) is 7.36. The third-order valence-electron chi connectivity index (χ3n) is 7.36. The highest BCUT2D eigenvalue weighted by Gasteiger charge is 2.27. The molecule has 3 rings (SSSR count). The zero-order valence-electron chi connectivity index (χ0n) is 25.7. The van der Waals surface area contributed by atoms with E-state index >= 15 is 0 Å². The maximum absolute atomic E-state index is 12.7. The Balaban J connectivity index is 1.61. The first-order valence-corrected chi connectivity index (χ1v) is 14.4. The molecule has 0 atom stereocenters. The Labute approximate surface area is 262 Å². The molecule has 0 radical (unpaired) electrons. The van der Waals surface area contributed by atoms with Crippen LogP contribution in [0.25, 0.3) is 0 Å². The van der Waals surface area contributed by atoms with Crippen molar-refractivity contribution >= 4 is 17.7 Å². The molecular weight excluding hydrogens is 606 g/mol. The minimum Gasteiger partial charge on any atom is -0.502 e. The van der Waals surface area contributed by atoms with E-state index in [-0.39, 0.29) is 87.0 Å². The average molecular weight is 644 g/mol. The number of aryl methyl sites for hydroxylation is 2. The van der Waals surface area contributed by atoms with Crippen LogP contribution in [-0.4, -0.2) is 33.0 Å². The molecule has 15 heteroatoms. The van der Waals surface area contributed by atoms with Gasteiger partial charge in [0.2, 0.25) is 51.3 Å². The Morgan fingerprint density at radius 3 is 1.43 bits per heavy atom. The van der Waals surface area contributed by atoms with Gasteiger partial charge in [0.25, 0.3) is 0 Å². The fourth-order valence-corrected chi connectivity index (χ4v) is 4.56. The van der Waals surface area contributed by atoms with E-state index in [4.69, 9.17) is 13.3 Å². The van der Waals surface area contributed by atoms with Crippen molar-refractivity contribution in [1.29, 1.82) is 0 Å². The van der Waals surface area contributed by atoms with Gasteiger partial charge in [0.15, 0.2) is 17.3 Å². The largest absolute Gasteiger partial charge is 0.502 e. The van der Waals surface area contributed by atoms with Crippen molar-refractivity contribution in [2.24, 2.45) is 5.41 Å². The summed E-state index contributed by atoms with van der Waals surface area (Å²) < 4.78 is 15.7. The van der Waals surface area contributed by atoms with Crippen LogP contribution in [0.2, 0.25) is 0 Å². The summed E-state index contributed by atoms with van der Waals surface area (Å²) in [5.74, 6) is -2.86. The predicted molar refractivity (Wildman–Crippen MR) is 161 cm³/mol. The number of amides is 3. The van der Waals surface area contributed by atoms with E-state index in [2.05, 4.69) is 16.0 Å². The van der Waals surface area contributed by atoms with Gasteiger partial charge in [-0.15, -0.1) is 0 Å². The molecule has 0 aliphatic rings. The molecule has 15 nitrogen and oxygen atoms in total. The fourth-order valence-electron chi connectivity index (χ4n) is 4.56. The summed E-state index contributed by atoms with van der Waals surface area (Å²) in [6, 6.07) is 3.28. The van der Waals surface area contributed by atoms with Gasteiger partial charge in [-0.1, -0.05) is 6.92 Å². The zero-order valence-corrected chi connectivity index (χ0v) is 25.7. The standard InChI is InChI=1S/C31H37N3O12/c1-17-12-20(36)29(42)23(45-17)15-33-26(39)5-9-31(3,8-4-25(38)32-14-22-28(41)19(35)7-11-44-22)10-6-27(40)34-16-24-30(43)21(37)13-18(2)46-24/h7,11-13,41-43H,4-6,8-10,14-16H2,1-3H3,(H,32,38)(H,33,39)(H,34,40). The van der Waals surface area contributed by atoms with Crippen LogP contribution in [-0.2, 0) is 34.0 Å². The summed E-state index contributed by atoms with van der Waals surface area (Å²) in [5.41, 5.74) is -2.65. The van der Waals surface area contributed by atoms with E-state index in [9.17, 15) is 44.1 Å². The molecule has 0 fully saturated rings. The summed E-state index contributed by atoms with van der Waals surface area (Å²) in [6.07, 6.45) is 1.74. The molecule has 3 amide bonds. The molecule has 0 aromatic carbocycles. The van der Waals surface area contributed by atoms with E-state index < -0.39 is 56.7 Å². The molecule has 3 heterocycles. The predicted octanol–water partition coefficient (Wildman–Crippen LogP) is 1.88. The Morgan fingerprint density at radius 2 is 1.02 bits per heavy atom. The second-order valence-corrected chi connectivity index (χ2v) is 11.2. The zero-order chi connectivity index (χ0) is 34.0. The number of rotatable bonds is 15. The van der Waals surface area contributed by atoms with E-state index in [1.54, 1.807) is 6.92 Å². The topological polar surface area (TPSA) is 239 Å². The molecule has 248 valence electrons. The van der Waals surface area contributed by atoms with Crippen LogP contribution < -0.4 is 32.2 Å². The molecule has 0 aliphatic heterocycles. The van der Waals surface area contributed by atoms with Crippen molar-refractivity contribution in [3.63, 3.8) is 0 Å². The molecule has 0 aliphatic carbocycles. The minimum absolute atomic E-state index is 0.0256. The first kappa shape index (κ1) is 35.1. The van der Waals surface area contributed by atoms with E-state index in [0.717, 1.165) is 24.5 Å². The van der Waals surface area contributed by atoms with Crippen molar-refractivity contribution in [1.82, 2.24) is 16.0 Å². The summed E-state index contributed by atoms with van der Waals surface area (Å²) in [4.78, 5) is 73.2. The first-order chi connectivity index (χ1) is 21.7. The molecule has 0 bridgehead atoms. The fraction of sp³-hybridized carbons (Fsp3) is 0.419. The third kappa shape index (κ3) is 10.1. The van der Waals surface area contributed by atoms with Gasteiger partial charge in [-0.2, -0.15) is 0 Å². The average Bonchev–Trinajstić information content (AvgIpc) is 3.00. The van der Waals surface area contributed by atoms with Crippen molar-refractivity contribution in [3.05, 3.63) is 83.9 Å². The molecule has 3 aromatic heterocycles. The number of hydrogen-bond donors (Lipinski definition) is 6. The quantitative estimate of drug-likeness (QED) is 0.139. The molecule has 6 N–H and O–H groups in total. The Kier molecular flexibility index (Phi) is 11.9. The van der Waals surface area contributed by atoms with E-state index in [1.807, 2.05) is 0 Å². The molecule has 0 spiro atoms. The van der Waals surface area contributed by atoms with Crippen LogP contribution in [0, 0.1) is 19.3 Å². The highest BCUT2D eigenvalue weighted by molar-refractivity contribution is 5.77. The smallest absolute Gasteiger partial charge is 0.227 e. The van der Waals surface area contributed by atoms with Gasteiger partial charge in [0.1, 0.15) is 11.5 Å². The summed E-state index contributed by atoms with van der Waals surface area (Å²) in [6.45, 7) is 4.18. The van der Waals surface area contributed by atoms with Crippen LogP contribution in [0.3, 0.4) is 0 Å². The van der Waals surface area contributed by atoms with Gasteiger partial charge in [-0.25, -0.2) is 0 Å². The molecule has 0 saturated carbocycles. The second kappa shape index (κ2) is 15.6. The van der Waals surface area contributed by atoms with Gasteiger partial charge in [-0.3, -0.25) is 28.8 Å². The Hall–Kier alpha value is -5.34. The molecular formula is C31H37N3O12. The van der Waals surface area contributed by atoms with Crippen LogP contribution in [0.15, 0.2) is 52.1 Å². The van der Waals surface area contributed by atoms with Crippen LogP contribution in [0.1, 0.15) is 74.2 Å². The van der Waals surface area contributed by atoms with E-state index in [1.165, 1.54) is 13.8 Å². The number of hydrogen-bond acceptors (Lipinski definition) is 12. The lowest BCUT2D eigenvalue weighted by molar-refractivity contribution is -0.122. The van der Waals surface area contributed by atoms with Crippen LogP contribution >= 0.6 is 0 Å². The van der Waals surface area contributed by atoms with E-state index in [0.29, 0.717) is 0 Å². The van der Waals surface area contributed by atoms with Gasteiger partial charge in [0.05, 0.1) is 25.9 Å². The molecule has 0 saturated heterocycles. The first-order valence-electron chi connectivity index (χ1n) is 14.4. The summed E-state index contributed by atoms with van der Waals surface area (Å²) in [7, 11) is 0. The molecule has 0 unspecified atom stereocenters. The van der Waals surface area contributed by atoms with Crippen molar-refractivity contribution in [3.8, 4) is 17.2 Å². The maximum atomic E-state index is 12.7. The lowest BCUT2D eigenvalue weighted by Crippen LogP contribution is -2.30. The Morgan fingerprint density at radius 1 is 0.652 bits per heavy atom.